The minimum absolute atomic E-state index is 0.0430. The Kier molecular flexibility index (Phi) is 5.63. The van der Waals surface area contributed by atoms with Crippen LogP contribution in [0.25, 0.3) is 0 Å². The maximum atomic E-state index is 12.9. The summed E-state index contributed by atoms with van der Waals surface area (Å²) in [5, 5.41) is 1.80. The number of fused-ring (bicyclic) bond motifs is 1. The first-order valence-corrected chi connectivity index (χ1v) is 12.3. The maximum absolute atomic E-state index is 12.9. The number of aromatic nitrogens is 1. The second kappa shape index (κ2) is 8.04. The zero-order chi connectivity index (χ0) is 20.6. The number of nitrogens with zero attached hydrogens (tertiary/aromatic N) is 3. The molecule has 2 aliphatic rings. The van der Waals surface area contributed by atoms with Gasteiger partial charge in [-0.3, -0.25) is 9.59 Å². The second-order valence-electron chi connectivity index (χ2n) is 7.60. The first-order chi connectivity index (χ1) is 13.9. The van der Waals surface area contributed by atoms with Gasteiger partial charge in [-0.1, -0.05) is 11.3 Å². The minimum Gasteiger partial charge on any atom is -0.312 e. The van der Waals surface area contributed by atoms with E-state index < -0.39 is 10.0 Å². The molecule has 2 aliphatic heterocycles. The molecule has 1 aromatic heterocycles. The van der Waals surface area contributed by atoms with Crippen molar-refractivity contribution in [3.05, 3.63) is 44.5 Å². The summed E-state index contributed by atoms with van der Waals surface area (Å²) < 4.78 is 28.9. The van der Waals surface area contributed by atoms with Crippen molar-refractivity contribution in [1.82, 2.24) is 8.87 Å². The Morgan fingerprint density at radius 2 is 1.90 bits per heavy atom. The van der Waals surface area contributed by atoms with Crippen LogP contribution in [0.15, 0.2) is 33.3 Å². The highest BCUT2D eigenvalue weighted by atomic mass is 32.2. The highest BCUT2D eigenvalue weighted by Crippen LogP contribution is 2.31. The van der Waals surface area contributed by atoms with Crippen LogP contribution in [0.4, 0.5) is 5.69 Å². The maximum Gasteiger partial charge on any atom is 0.307 e. The fraction of sp³-hybridized carbons (Fsp3) is 0.500. The molecule has 3 heterocycles. The molecule has 1 amide bonds. The van der Waals surface area contributed by atoms with Crippen molar-refractivity contribution in [2.24, 2.45) is 0 Å². The monoisotopic (exact) mass is 435 g/mol. The molecule has 0 unspecified atom stereocenters. The molecule has 0 aliphatic carbocycles. The third-order valence-electron chi connectivity index (χ3n) is 5.70. The predicted octanol–water partition coefficient (Wildman–Crippen LogP) is 2.37. The van der Waals surface area contributed by atoms with Gasteiger partial charge in [0, 0.05) is 49.4 Å². The lowest BCUT2D eigenvalue weighted by Crippen LogP contribution is -2.36. The Bertz CT molecular complexity index is 1080. The smallest absolute Gasteiger partial charge is 0.307 e. The molecule has 9 heteroatoms. The molecule has 0 N–H and O–H groups in total. The van der Waals surface area contributed by atoms with Gasteiger partial charge in [0.2, 0.25) is 15.9 Å². The number of hydrogen-bond acceptors (Lipinski definition) is 5. The van der Waals surface area contributed by atoms with Crippen LogP contribution < -0.4 is 9.77 Å². The van der Waals surface area contributed by atoms with Crippen LogP contribution in [0.1, 0.15) is 36.9 Å². The van der Waals surface area contributed by atoms with Crippen LogP contribution in [0.3, 0.4) is 0 Å². The number of benzene rings is 1. The van der Waals surface area contributed by atoms with Gasteiger partial charge in [0.15, 0.2) is 0 Å². The lowest BCUT2D eigenvalue weighted by molar-refractivity contribution is -0.118. The van der Waals surface area contributed by atoms with Crippen LogP contribution >= 0.6 is 11.3 Å². The molecule has 0 saturated carbocycles. The minimum atomic E-state index is -3.47. The molecule has 156 valence electrons. The van der Waals surface area contributed by atoms with Gasteiger partial charge in [-0.15, -0.1) is 0 Å². The quantitative estimate of drug-likeness (QED) is 0.722. The number of aryl methyl sites for hydroxylation is 2. The van der Waals surface area contributed by atoms with Crippen LogP contribution in [-0.2, 0) is 27.8 Å². The summed E-state index contributed by atoms with van der Waals surface area (Å²) in [7, 11) is -3.47. The van der Waals surface area contributed by atoms with Gasteiger partial charge in [0.25, 0.3) is 0 Å². The number of sulfonamides is 1. The van der Waals surface area contributed by atoms with Gasteiger partial charge >= 0.3 is 4.87 Å². The number of carbonyl (C=O) groups is 1. The van der Waals surface area contributed by atoms with E-state index in [1.54, 1.807) is 37.4 Å². The van der Waals surface area contributed by atoms with E-state index in [0.717, 1.165) is 54.0 Å². The molecular weight excluding hydrogens is 410 g/mol. The van der Waals surface area contributed by atoms with Crippen molar-refractivity contribution < 1.29 is 13.2 Å². The second-order valence-corrected chi connectivity index (χ2v) is 10.4. The third kappa shape index (κ3) is 3.91. The van der Waals surface area contributed by atoms with Crippen molar-refractivity contribution in [3.8, 4) is 0 Å². The molecule has 0 atom stereocenters. The Labute approximate surface area is 174 Å². The number of amides is 1. The van der Waals surface area contributed by atoms with E-state index >= 15 is 0 Å². The predicted molar refractivity (Wildman–Crippen MR) is 113 cm³/mol. The van der Waals surface area contributed by atoms with Gasteiger partial charge in [-0.25, -0.2) is 8.42 Å². The largest absolute Gasteiger partial charge is 0.312 e. The number of hydrogen-bond donors (Lipinski definition) is 0. The van der Waals surface area contributed by atoms with Gasteiger partial charge in [0.05, 0.1) is 4.90 Å². The average Bonchev–Trinajstić information content (AvgIpc) is 3.36. The highest BCUT2D eigenvalue weighted by molar-refractivity contribution is 7.89. The highest BCUT2D eigenvalue weighted by Gasteiger charge is 2.29. The summed E-state index contributed by atoms with van der Waals surface area (Å²) in [4.78, 5) is 26.7. The fourth-order valence-corrected chi connectivity index (χ4v) is 6.42. The SMILES string of the molecule is Cc1csc(=O)n1CCC(=O)N1CCCc2cc(S(=O)(=O)N3CCCC3)ccc21. The fourth-order valence-electron chi connectivity index (χ4n) is 4.09. The summed E-state index contributed by atoms with van der Waals surface area (Å²) in [5.41, 5.74) is 2.55. The summed E-state index contributed by atoms with van der Waals surface area (Å²) in [6, 6.07) is 5.11. The number of anilines is 1. The Morgan fingerprint density at radius 1 is 1.14 bits per heavy atom. The van der Waals surface area contributed by atoms with E-state index in [2.05, 4.69) is 0 Å². The van der Waals surface area contributed by atoms with Gasteiger partial charge < -0.3 is 9.47 Å². The first-order valence-electron chi connectivity index (χ1n) is 9.96. The number of carbonyl (C=O) groups excluding carboxylic acids is 1. The van der Waals surface area contributed by atoms with E-state index in [1.165, 1.54) is 0 Å². The summed E-state index contributed by atoms with van der Waals surface area (Å²) in [6.07, 6.45) is 3.60. The van der Waals surface area contributed by atoms with Crippen molar-refractivity contribution in [1.29, 1.82) is 0 Å². The third-order valence-corrected chi connectivity index (χ3v) is 8.47. The average molecular weight is 436 g/mol. The molecule has 0 bridgehead atoms. The topological polar surface area (TPSA) is 79.7 Å². The number of thiazole rings is 1. The molecule has 7 nitrogen and oxygen atoms in total. The Hall–Kier alpha value is -1.97. The van der Waals surface area contributed by atoms with Crippen LogP contribution in [-0.4, -0.2) is 42.8 Å². The number of rotatable bonds is 5. The van der Waals surface area contributed by atoms with E-state index in [4.69, 9.17) is 0 Å². The van der Waals surface area contributed by atoms with E-state index in [-0.39, 0.29) is 17.2 Å². The van der Waals surface area contributed by atoms with E-state index in [0.29, 0.717) is 31.1 Å². The standard InChI is InChI=1S/C20H25N3O4S2/c1-15-14-28-20(25)22(15)12-8-19(24)23-11-4-5-16-13-17(6-7-18(16)23)29(26,27)21-9-2-3-10-21/h6-7,13-14H,2-5,8-12H2,1H3. The van der Waals surface area contributed by atoms with Gasteiger partial charge in [-0.2, -0.15) is 4.31 Å². The van der Waals surface area contributed by atoms with Crippen LogP contribution in [0.5, 0.6) is 0 Å². The van der Waals surface area contributed by atoms with Gasteiger partial charge in [-0.05, 0) is 56.4 Å². The zero-order valence-corrected chi connectivity index (χ0v) is 18.1. The van der Waals surface area contributed by atoms with Crippen LogP contribution in [0, 0.1) is 6.92 Å². The Balaban J connectivity index is 1.54. The molecular formula is C20H25N3O4S2. The molecule has 29 heavy (non-hydrogen) atoms. The molecule has 1 saturated heterocycles. The zero-order valence-electron chi connectivity index (χ0n) is 16.5. The molecule has 1 aromatic carbocycles. The van der Waals surface area contributed by atoms with Gasteiger partial charge in [0.1, 0.15) is 0 Å². The van der Waals surface area contributed by atoms with Crippen LogP contribution in [0.2, 0.25) is 0 Å². The summed E-state index contributed by atoms with van der Waals surface area (Å²) in [5.74, 6) is -0.0430. The van der Waals surface area contributed by atoms with Crippen molar-refractivity contribution in [2.45, 2.75) is 50.5 Å². The molecule has 1 fully saturated rings. The molecule has 0 radical (unpaired) electrons. The lowest BCUT2D eigenvalue weighted by Gasteiger charge is -2.30. The van der Waals surface area contributed by atoms with E-state index in [9.17, 15) is 18.0 Å². The first kappa shape index (κ1) is 20.3. The van der Waals surface area contributed by atoms with Crippen molar-refractivity contribution >= 4 is 33.0 Å². The molecule has 0 spiro atoms. The van der Waals surface area contributed by atoms with Crippen molar-refractivity contribution in [2.75, 3.05) is 24.5 Å². The normalized spacial score (nSPS) is 17.5. The lowest BCUT2D eigenvalue weighted by atomic mass is 10.0. The summed E-state index contributed by atoms with van der Waals surface area (Å²) in [6.45, 7) is 3.99. The summed E-state index contributed by atoms with van der Waals surface area (Å²) >= 11 is 1.14. The molecule has 2 aromatic rings. The van der Waals surface area contributed by atoms with E-state index in [1.807, 2.05) is 6.92 Å². The molecule has 4 rings (SSSR count). The van der Waals surface area contributed by atoms with Crippen molar-refractivity contribution in [3.63, 3.8) is 0 Å². The Morgan fingerprint density at radius 3 is 2.59 bits per heavy atom.